The van der Waals surface area contributed by atoms with Gasteiger partial charge in [-0.05, 0) is 29.5 Å². The van der Waals surface area contributed by atoms with Gasteiger partial charge in [-0.15, -0.1) is 0 Å². The van der Waals surface area contributed by atoms with Crippen LogP contribution in [0.4, 0.5) is 0 Å². The minimum atomic E-state index is -3.03. The quantitative estimate of drug-likeness (QED) is 0.938. The Balaban J connectivity index is 2.26. The number of nitrogens with two attached hydrogens (primary N) is 1. The molecule has 0 aliphatic carbocycles. The van der Waals surface area contributed by atoms with Gasteiger partial charge in [0, 0.05) is 6.26 Å². The van der Waals surface area contributed by atoms with Gasteiger partial charge in [0.2, 0.25) is 5.89 Å². The molecule has 0 bridgehead atoms. The lowest BCUT2D eigenvalue weighted by Crippen LogP contribution is -2.15. The van der Waals surface area contributed by atoms with E-state index in [-0.39, 0.29) is 11.2 Å². The van der Waals surface area contributed by atoms with Crippen LogP contribution in [0.2, 0.25) is 0 Å². The second-order valence-electron chi connectivity index (χ2n) is 6.51. The van der Waals surface area contributed by atoms with E-state index in [0.717, 1.165) is 5.52 Å². The van der Waals surface area contributed by atoms with Crippen molar-refractivity contribution in [2.75, 3.05) is 12.0 Å². The lowest BCUT2D eigenvalue weighted by Gasteiger charge is -2.18. The molecule has 0 fully saturated rings. The summed E-state index contributed by atoms with van der Waals surface area (Å²) in [4.78, 5) is 4.40. The number of oxazole rings is 1. The molecule has 6 heteroatoms. The monoisotopic (exact) mass is 310 g/mol. The van der Waals surface area contributed by atoms with E-state index >= 15 is 0 Å². The highest BCUT2D eigenvalue weighted by molar-refractivity contribution is 7.90. The second kappa shape index (κ2) is 5.42. The minimum Gasteiger partial charge on any atom is -0.439 e. The average molecular weight is 310 g/mol. The Morgan fingerprint density at radius 3 is 2.57 bits per heavy atom. The fraction of sp³-hybridized carbons (Fsp3) is 0.533. The first kappa shape index (κ1) is 16.0. The Labute approximate surface area is 125 Å². The Morgan fingerprint density at radius 2 is 2.00 bits per heavy atom. The Bertz CT molecular complexity index is 742. The summed E-state index contributed by atoms with van der Waals surface area (Å²) in [6.07, 6.45) is 1.50. The molecule has 0 amide bonds. The molecule has 21 heavy (non-hydrogen) atoms. The molecule has 2 aromatic rings. The first-order valence-electron chi connectivity index (χ1n) is 6.90. The number of hydrogen-bond acceptors (Lipinski definition) is 5. The van der Waals surface area contributed by atoms with Gasteiger partial charge in [0.15, 0.2) is 5.58 Å². The molecular weight excluding hydrogens is 288 g/mol. The fourth-order valence-corrected chi connectivity index (χ4v) is 2.72. The van der Waals surface area contributed by atoms with Gasteiger partial charge < -0.3 is 10.2 Å². The standard InChI is InChI=1S/C15H22N2O3S/c1-15(2,3)10-5-6-13-12(9-10)17-14(20-13)11(16)7-8-21(4,18)19/h5-6,9,11H,7-8,16H2,1-4H3. The van der Waals surface area contributed by atoms with Gasteiger partial charge in [-0.2, -0.15) is 0 Å². The van der Waals surface area contributed by atoms with Crippen molar-refractivity contribution in [1.29, 1.82) is 0 Å². The summed E-state index contributed by atoms with van der Waals surface area (Å²) < 4.78 is 28.0. The Morgan fingerprint density at radius 1 is 1.33 bits per heavy atom. The molecule has 1 aromatic carbocycles. The van der Waals surface area contributed by atoms with Gasteiger partial charge >= 0.3 is 0 Å². The molecule has 1 heterocycles. The lowest BCUT2D eigenvalue weighted by atomic mass is 9.87. The molecule has 0 saturated heterocycles. The van der Waals surface area contributed by atoms with Gasteiger partial charge in [0.25, 0.3) is 0 Å². The molecule has 116 valence electrons. The van der Waals surface area contributed by atoms with Crippen molar-refractivity contribution in [3.63, 3.8) is 0 Å². The summed E-state index contributed by atoms with van der Waals surface area (Å²) in [6.45, 7) is 6.40. The summed E-state index contributed by atoms with van der Waals surface area (Å²) in [5, 5.41) is 0. The van der Waals surface area contributed by atoms with Gasteiger partial charge in [-0.1, -0.05) is 26.8 Å². The zero-order valence-electron chi connectivity index (χ0n) is 12.9. The number of rotatable bonds is 4. The van der Waals surface area contributed by atoms with Crippen molar-refractivity contribution in [1.82, 2.24) is 4.98 Å². The largest absolute Gasteiger partial charge is 0.439 e. The molecule has 5 nitrogen and oxygen atoms in total. The first-order valence-corrected chi connectivity index (χ1v) is 8.96. The third kappa shape index (κ3) is 4.04. The molecule has 0 aliphatic heterocycles. The smallest absolute Gasteiger partial charge is 0.212 e. The van der Waals surface area contributed by atoms with Crippen LogP contribution in [-0.2, 0) is 15.3 Å². The van der Waals surface area contributed by atoms with Crippen LogP contribution in [0.5, 0.6) is 0 Å². The SMILES string of the molecule is CC(C)(C)c1ccc2oc(C(N)CCS(C)(=O)=O)nc2c1. The second-order valence-corrected chi connectivity index (χ2v) is 8.77. The number of fused-ring (bicyclic) bond motifs is 1. The molecule has 0 saturated carbocycles. The van der Waals surface area contributed by atoms with E-state index < -0.39 is 15.9 Å². The number of sulfone groups is 1. The zero-order chi connectivity index (χ0) is 15.8. The van der Waals surface area contributed by atoms with Crippen LogP contribution in [0.15, 0.2) is 22.6 Å². The van der Waals surface area contributed by atoms with E-state index in [1.807, 2.05) is 18.2 Å². The molecule has 0 radical (unpaired) electrons. The first-order chi connectivity index (χ1) is 9.56. The summed E-state index contributed by atoms with van der Waals surface area (Å²) >= 11 is 0. The molecule has 0 spiro atoms. The summed E-state index contributed by atoms with van der Waals surface area (Å²) in [6, 6.07) is 5.38. The predicted octanol–water partition coefficient (Wildman–Crippen LogP) is 2.56. The van der Waals surface area contributed by atoms with Crippen LogP contribution in [-0.4, -0.2) is 25.4 Å². The van der Waals surface area contributed by atoms with Crippen LogP contribution < -0.4 is 5.73 Å². The zero-order valence-corrected chi connectivity index (χ0v) is 13.7. The third-order valence-corrected chi connectivity index (χ3v) is 4.36. The van der Waals surface area contributed by atoms with Gasteiger partial charge in [0.1, 0.15) is 15.4 Å². The highest BCUT2D eigenvalue weighted by Crippen LogP contribution is 2.27. The van der Waals surface area contributed by atoms with E-state index in [2.05, 4.69) is 25.8 Å². The van der Waals surface area contributed by atoms with Crippen LogP contribution in [0, 0.1) is 0 Å². The topological polar surface area (TPSA) is 86.2 Å². The number of aromatic nitrogens is 1. The van der Waals surface area contributed by atoms with E-state index in [1.165, 1.54) is 11.8 Å². The summed E-state index contributed by atoms with van der Waals surface area (Å²) in [7, 11) is -3.03. The van der Waals surface area contributed by atoms with Gasteiger partial charge in [-0.25, -0.2) is 13.4 Å². The van der Waals surface area contributed by atoms with Crippen LogP contribution >= 0.6 is 0 Å². The lowest BCUT2D eigenvalue weighted by molar-refractivity contribution is 0.468. The van der Waals surface area contributed by atoms with Crippen LogP contribution in [0.25, 0.3) is 11.1 Å². The van der Waals surface area contributed by atoms with Crippen LogP contribution in [0.3, 0.4) is 0 Å². The maximum absolute atomic E-state index is 11.2. The van der Waals surface area contributed by atoms with Crippen molar-refractivity contribution in [2.45, 2.75) is 38.6 Å². The molecule has 1 unspecified atom stereocenters. The number of hydrogen-bond donors (Lipinski definition) is 1. The molecular formula is C15H22N2O3S. The van der Waals surface area contributed by atoms with Crippen molar-refractivity contribution >= 4 is 20.9 Å². The van der Waals surface area contributed by atoms with Gasteiger partial charge in [0.05, 0.1) is 11.8 Å². The van der Waals surface area contributed by atoms with E-state index in [9.17, 15) is 8.42 Å². The highest BCUT2D eigenvalue weighted by atomic mass is 32.2. The third-order valence-electron chi connectivity index (χ3n) is 3.39. The molecule has 2 N–H and O–H groups in total. The molecule has 2 rings (SSSR count). The maximum Gasteiger partial charge on any atom is 0.212 e. The van der Waals surface area contributed by atoms with Gasteiger partial charge in [-0.3, -0.25) is 0 Å². The van der Waals surface area contributed by atoms with E-state index in [1.54, 1.807) is 0 Å². The molecule has 0 aliphatic rings. The van der Waals surface area contributed by atoms with Crippen LogP contribution in [0.1, 0.15) is 44.7 Å². The molecule has 1 atom stereocenters. The predicted molar refractivity (Wildman–Crippen MR) is 84.0 cm³/mol. The minimum absolute atomic E-state index is 0.0279. The van der Waals surface area contributed by atoms with E-state index in [4.69, 9.17) is 10.2 Å². The summed E-state index contributed by atoms with van der Waals surface area (Å²) in [5.74, 6) is 0.417. The highest BCUT2D eigenvalue weighted by Gasteiger charge is 2.19. The van der Waals surface area contributed by atoms with Crippen molar-refractivity contribution in [3.8, 4) is 0 Å². The number of nitrogens with zero attached hydrogens (tertiary/aromatic N) is 1. The van der Waals surface area contributed by atoms with Crippen molar-refractivity contribution in [3.05, 3.63) is 29.7 Å². The number of benzene rings is 1. The Kier molecular flexibility index (Phi) is 4.13. The van der Waals surface area contributed by atoms with Crippen molar-refractivity contribution in [2.24, 2.45) is 5.73 Å². The molecule has 1 aromatic heterocycles. The van der Waals surface area contributed by atoms with E-state index in [0.29, 0.717) is 17.9 Å². The summed E-state index contributed by atoms with van der Waals surface area (Å²) in [5.41, 5.74) is 8.60. The van der Waals surface area contributed by atoms with Crippen molar-refractivity contribution < 1.29 is 12.8 Å². The maximum atomic E-state index is 11.2. The Hall–Kier alpha value is -1.40. The average Bonchev–Trinajstić information content (AvgIpc) is 2.76. The normalized spacial score (nSPS) is 14.5. The fourth-order valence-electron chi connectivity index (χ4n) is 2.03.